The lowest BCUT2D eigenvalue weighted by Crippen LogP contribution is -2.41. The molecule has 0 radical (unpaired) electrons. The number of carbonyl (C=O) groups is 1. The lowest BCUT2D eigenvalue weighted by Gasteiger charge is -2.21. The molecule has 0 bridgehead atoms. The second kappa shape index (κ2) is 6.90. The molecule has 4 nitrogen and oxygen atoms in total. The second-order valence-electron chi connectivity index (χ2n) is 4.17. The average molecular weight is 348 g/mol. The first-order valence-electron chi connectivity index (χ1n) is 5.45. The van der Waals surface area contributed by atoms with Crippen molar-refractivity contribution in [3.63, 3.8) is 0 Å². The van der Waals surface area contributed by atoms with Gasteiger partial charge in [0.15, 0.2) is 0 Å². The van der Waals surface area contributed by atoms with Crippen molar-refractivity contribution < 1.29 is 9.53 Å². The van der Waals surface area contributed by atoms with Gasteiger partial charge in [-0.25, -0.2) is 0 Å². The highest BCUT2D eigenvalue weighted by molar-refractivity contribution is 14.1. The van der Waals surface area contributed by atoms with E-state index < -0.39 is 0 Å². The summed E-state index contributed by atoms with van der Waals surface area (Å²) in [6.45, 7) is 4.62. The zero-order valence-corrected chi connectivity index (χ0v) is 12.4. The van der Waals surface area contributed by atoms with Crippen molar-refractivity contribution >= 4 is 28.5 Å². The summed E-state index contributed by atoms with van der Waals surface area (Å²) in [4.78, 5) is 16.0. The van der Waals surface area contributed by atoms with Crippen LogP contribution in [0.5, 0.6) is 0 Å². The number of amides is 1. The third-order valence-corrected chi connectivity index (χ3v) is 3.02. The van der Waals surface area contributed by atoms with E-state index in [1.165, 1.54) is 0 Å². The van der Waals surface area contributed by atoms with Gasteiger partial charge >= 0.3 is 0 Å². The fraction of sp³-hybridized carbons (Fsp3) is 0.500. The number of methoxy groups -OCH3 is 1. The number of aromatic nitrogens is 1. The van der Waals surface area contributed by atoms with Crippen molar-refractivity contribution in [2.45, 2.75) is 19.9 Å². The molecule has 0 saturated heterocycles. The molecule has 0 fully saturated rings. The van der Waals surface area contributed by atoms with Gasteiger partial charge in [0.05, 0.1) is 18.2 Å². The van der Waals surface area contributed by atoms with Gasteiger partial charge in [0.2, 0.25) is 0 Å². The van der Waals surface area contributed by atoms with Crippen LogP contribution < -0.4 is 5.32 Å². The molecule has 1 aromatic rings. The van der Waals surface area contributed by atoms with E-state index in [2.05, 4.69) is 46.7 Å². The molecule has 1 aromatic heterocycles. The van der Waals surface area contributed by atoms with Gasteiger partial charge in [-0.15, -0.1) is 0 Å². The lowest BCUT2D eigenvalue weighted by molar-refractivity contribution is 0.0866. The Bertz CT molecular complexity index is 383. The van der Waals surface area contributed by atoms with Crippen LogP contribution in [0.4, 0.5) is 0 Å². The first-order valence-corrected chi connectivity index (χ1v) is 6.52. The Balaban J connectivity index is 2.70. The molecule has 0 aliphatic carbocycles. The standard InChI is InChI=1S/C12H17IN2O2/c1-8(2)11(7-17-3)15-12(16)9-4-10(13)6-14-5-9/h4-6,8,11H,7H2,1-3H3,(H,15,16)/t11-/m0/s1. The number of nitrogens with zero attached hydrogens (tertiary/aromatic N) is 1. The molecule has 17 heavy (non-hydrogen) atoms. The molecular weight excluding hydrogens is 331 g/mol. The van der Waals surface area contributed by atoms with E-state index in [9.17, 15) is 4.79 Å². The van der Waals surface area contributed by atoms with Crippen LogP contribution in [0, 0.1) is 9.49 Å². The SMILES string of the molecule is COC[C@H](NC(=O)c1cncc(I)c1)C(C)C. The highest BCUT2D eigenvalue weighted by Crippen LogP contribution is 2.07. The zero-order valence-electron chi connectivity index (χ0n) is 10.2. The summed E-state index contributed by atoms with van der Waals surface area (Å²) in [5.41, 5.74) is 0.582. The minimum absolute atomic E-state index is 0.0189. The van der Waals surface area contributed by atoms with Gasteiger partial charge in [0.25, 0.3) is 5.91 Å². The van der Waals surface area contributed by atoms with Crippen LogP contribution in [0.3, 0.4) is 0 Å². The quantitative estimate of drug-likeness (QED) is 0.829. The Kier molecular flexibility index (Phi) is 5.84. The van der Waals surface area contributed by atoms with Crippen molar-refractivity contribution in [2.75, 3.05) is 13.7 Å². The first kappa shape index (κ1) is 14.4. The zero-order chi connectivity index (χ0) is 12.8. The van der Waals surface area contributed by atoms with E-state index in [4.69, 9.17) is 4.74 Å². The summed E-state index contributed by atoms with van der Waals surface area (Å²) in [7, 11) is 1.63. The third kappa shape index (κ3) is 4.59. The summed E-state index contributed by atoms with van der Waals surface area (Å²) < 4.78 is 6.04. The Morgan fingerprint density at radius 1 is 1.53 bits per heavy atom. The van der Waals surface area contributed by atoms with E-state index in [0.717, 1.165) is 3.57 Å². The summed E-state index contributed by atoms with van der Waals surface area (Å²) in [5.74, 6) is 0.224. The Morgan fingerprint density at radius 3 is 2.76 bits per heavy atom. The van der Waals surface area contributed by atoms with Crippen molar-refractivity contribution in [3.05, 3.63) is 27.6 Å². The van der Waals surface area contributed by atoms with E-state index in [0.29, 0.717) is 18.1 Å². The molecular formula is C12H17IN2O2. The van der Waals surface area contributed by atoms with E-state index in [1.807, 2.05) is 6.07 Å². The molecule has 0 aromatic carbocycles. The maximum absolute atomic E-state index is 12.0. The minimum atomic E-state index is -0.105. The first-order chi connectivity index (χ1) is 8.04. The fourth-order valence-electron chi connectivity index (χ4n) is 1.37. The molecule has 1 atom stereocenters. The number of ether oxygens (including phenoxy) is 1. The monoisotopic (exact) mass is 348 g/mol. The summed E-state index contributed by atoms with van der Waals surface area (Å²) >= 11 is 2.14. The summed E-state index contributed by atoms with van der Waals surface area (Å²) in [6.07, 6.45) is 3.29. The molecule has 0 aliphatic heterocycles. The van der Waals surface area contributed by atoms with Crippen LogP contribution in [-0.4, -0.2) is 30.6 Å². The molecule has 5 heteroatoms. The van der Waals surface area contributed by atoms with Crippen molar-refractivity contribution in [1.82, 2.24) is 10.3 Å². The number of halogens is 1. The van der Waals surface area contributed by atoms with Crippen LogP contribution in [0.15, 0.2) is 18.5 Å². The molecule has 0 aliphatic rings. The smallest absolute Gasteiger partial charge is 0.253 e. The van der Waals surface area contributed by atoms with E-state index in [1.54, 1.807) is 19.5 Å². The van der Waals surface area contributed by atoms with Crippen LogP contribution in [0.25, 0.3) is 0 Å². The molecule has 0 saturated carbocycles. The van der Waals surface area contributed by atoms with E-state index >= 15 is 0 Å². The fourth-order valence-corrected chi connectivity index (χ4v) is 1.86. The van der Waals surface area contributed by atoms with Gasteiger partial charge in [-0.3, -0.25) is 9.78 Å². The number of nitrogens with one attached hydrogen (secondary N) is 1. The van der Waals surface area contributed by atoms with Crippen molar-refractivity contribution in [1.29, 1.82) is 0 Å². The number of hydrogen-bond donors (Lipinski definition) is 1. The second-order valence-corrected chi connectivity index (χ2v) is 5.42. The maximum Gasteiger partial charge on any atom is 0.253 e. The topological polar surface area (TPSA) is 51.2 Å². The lowest BCUT2D eigenvalue weighted by atomic mass is 10.1. The molecule has 0 spiro atoms. The Labute approximate surface area is 115 Å². The predicted octanol–water partition coefficient (Wildman–Crippen LogP) is 2.09. The van der Waals surface area contributed by atoms with Gasteiger partial charge in [-0.1, -0.05) is 13.8 Å². The van der Waals surface area contributed by atoms with Gasteiger partial charge in [0, 0.05) is 23.1 Å². The largest absolute Gasteiger partial charge is 0.383 e. The minimum Gasteiger partial charge on any atom is -0.383 e. The Hall–Kier alpha value is -0.690. The van der Waals surface area contributed by atoms with Crippen LogP contribution >= 0.6 is 22.6 Å². The van der Waals surface area contributed by atoms with Gasteiger partial charge in [-0.2, -0.15) is 0 Å². The maximum atomic E-state index is 12.0. The number of hydrogen-bond acceptors (Lipinski definition) is 3. The highest BCUT2D eigenvalue weighted by Gasteiger charge is 2.17. The average Bonchev–Trinajstić information content (AvgIpc) is 2.28. The predicted molar refractivity (Wildman–Crippen MR) is 74.9 cm³/mol. The van der Waals surface area contributed by atoms with Crippen LogP contribution in [-0.2, 0) is 4.74 Å². The molecule has 1 N–H and O–H groups in total. The van der Waals surface area contributed by atoms with Gasteiger partial charge in [-0.05, 0) is 34.6 Å². The molecule has 1 heterocycles. The van der Waals surface area contributed by atoms with E-state index in [-0.39, 0.29) is 11.9 Å². The van der Waals surface area contributed by atoms with Crippen LogP contribution in [0.1, 0.15) is 24.2 Å². The van der Waals surface area contributed by atoms with Gasteiger partial charge in [0.1, 0.15) is 0 Å². The summed E-state index contributed by atoms with van der Waals surface area (Å²) in [5, 5.41) is 2.95. The molecule has 1 amide bonds. The third-order valence-electron chi connectivity index (χ3n) is 2.43. The number of pyridine rings is 1. The highest BCUT2D eigenvalue weighted by atomic mass is 127. The summed E-state index contributed by atoms with van der Waals surface area (Å²) in [6, 6.07) is 1.83. The van der Waals surface area contributed by atoms with Crippen molar-refractivity contribution in [3.8, 4) is 0 Å². The normalized spacial score (nSPS) is 12.5. The molecule has 0 unspecified atom stereocenters. The van der Waals surface area contributed by atoms with Crippen molar-refractivity contribution in [2.24, 2.45) is 5.92 Å². The number of carbonyl (C=O) groups excluding carboxylic acids is 1. The Morgan fingerprint density at radius 2 is 2.24 bits per heavy atom. The number of rotatable bonds is 5. The van der Waals surface area contributed by atoms with Crippen LogP contribution in [0.2, 0.25) is 0 Å². The van der Waals surface area contributed by atoms with Gasteiger partial charge < -0.3 is 10.1 Å². The molecule has 1 rings (SSSR count). The molecule has 94 valence electrons.